The van der Waals surface area contributed by atoms with Crippen molar-refractivity contribution in [1.29, 1.82) is 0 Å². The van der Waals surface area contributed by atoms with Crippen LogP contribution in [0.3, 0.4) is 0 Å². The fraction of sp³-hybridized carbons (Fsp3) is 0.267. The Bertz CT molecular complexity index is 598. The van der Waals surface area contributed by atoms with E-state index in [0.717, 1.165) is 42.3 Å². The van der Waals surface area contributed by atoms with E-state index in [2.05, 4.69) is 22.0 Å². The minimum absolute atomic E-state index is 0.736. The predicted molar refractivity (Wildman–Crippen MR) is 79.5 cm³/mol. The van der Waals surface area contributed by atoms with Crippen LogP contribution >= 0.6 is 11.6 Å². The van der Waals surface area contributed by atoms with Gasteiger partial charge < -0.3 is 10.6 Å². The van der Waals surface area contributed by atoms with Crippen molar-refractivity contribution in [2.75, 3.05) is 17.2 Å². The zero-order chi connectivity index (χ0) is 13.2. The molecule has 0 bridgehead atoms. The third kappa shape index (κ3) is 2.66. The lowest BCUT2D eigenvalue weighted by Crippen LogP contribution is -2.29. The van der Waals surface area contributed by atoms with E-state index < -0.39 is 0 Å². The van der Waals surface area contributed by atoms with Gasteiger partial charge in [-0.2, -0.15) is 0 Å². The SMILES string of the molecule is Nc1ccc2c(c1)CCCN2Cc1cc(Cl)ccn1. The van der Waals surface area contributed by atoms with Crippen molar-refractivity contribution in [2.24, 2.45) is 0 Å². The zero-order valence-electron chi connectivity index (χ0n) is 10.6. The molecule has 2 N–H and O–H groups in total. The van der Waals surface area contributed by atoms with Gasteiger partial charge in [0.05, 0.1) is 12.2 Å². The number of aryl methyl sites for hydroxylation is 1. The number of anilines is 2. The summed E-state index contributed by atoms with van der Waals surface area (Å²) in [6.07, 6.45) is 4.00. The molecule has 2 heterocycles. The molecule has 98 valence electrons. The van der Waals surface area contributed by atoms with Gasteiger partial charge in [0.2, 0.25) is 0 Å². The Labute approximate surface area is 118 Å². The first kappa shape index (κ1) is 12.3. The van der Waals surface area contributed by atoms with Crippen molar-refractivity contribution in [3.8, 4) is 0 Å². The van der Waals surface area contributed by atoms with Gasteiger partial charge in [-0.3, -0.25) is 4.98 Å². The molecule has 1 aliphatic rings. The monoisotopic (exact) mass is 273 g/mol. The maximum absolute atomic E-state index is 6.01. The summed E-state index contributed by atoms with van der Waals surface area (Å²) in [5, 5.41) is 0.736. The normalized spacial score (nSPS) is 14.3. The van der Waals surface area contributed by atoms with Gasteiger partial charge in [-0.25, -0.2) is 0 Å². The van der Waals surface area contributed by atoms with Crippen molar-refractivity contribution < 1.29 is 0 Å². The summed E-state index contributed by atoms with van der Waals surface area (Å²) in [7, 11) is 0. The molecule has 0 amide bonds. The Hall–Kier alpha value is -1.74. The van der Waals surface area contributed by atoms with Crippen molar-refractivity contribution >= 4 is 23.0 Å². The Morgan fingerprint density at radius 2 is 2.16 bits per heavy atom. The molecule has 0 radical (unpaired) electrons. The van der Waals surface area contributed by atoms with Gasteiger partial charge in [-0.1, -0.05) is 11.6 Å². The maximum Gasteiger partial charge on any atom is 0.0611 e. The number of pyridine rings is 1. The predicted octanol–water partition coefficient (Wildman–Crippen LogP) is 3.27. The Kier molecular flexibility index (Phi) is 3.30. The van der Waals surface area contributed by atoms with E-state index in [1.54, 1.807) is 12.3 Å². The fourth-order valence-electron chi connectivity index (χ4n) is 2.59. The number of halogens is 1. The minimum Gasteiger partial charge on any atom is -0.399 e. The smallest absolute Gasteiger partial charge is 0.0611 e. The number of nitrogens with zero attached hydrogens (tertiary/aromatic N) is 2. The van der Waals surface area contributed by atoms with Gasteiger partial charge in [0.25, 0.3) is 0 Å². The lowest BCUT2D eigenvalue weighted by Gasteiger charge is -2.31. The van der Waals surface area contributed by atoms with E-state index in [1.165, 1.54) is 11.3 Å². The minimum atomic E-state index is 0.736. The topological polar surface area (TPSA) is 42.1 Å². The first-order valence-electron chi connectivity index (χ1n) is 6.46. The van der Waals surface area contributed by atoms with Gasteiger partial charge in [0, 0.05) is 29.1 Å². The molecule has 0 aliphatic carbocycles. The van der Waals surface area contributed by atoms with Gasteiger partial charge >= 0.3 is 0 Å². The lowest BCUT2D eigenvalue weighted by atomic mass is 10.0. The number of nitrogens with two attached hydrogens (primary N) is 1. The molecular weight excluding hydrogens is 258 g/mol. The molecular formula is C15H16ClN3. The van der Waals surface area contributed by atoms with Crippen molar-refractivity contribution in [3.63, 3.8) is 0 Å². The van der Waals surface area contributed by atoms with Crippen molar-refractivity contribution in [3.05, 3.63) is 52.8 Å². The van der Waals surface area contributed by atoms with Crippen LogP contribution in [0.1, 0.15) is 17.7 Å². The summed E-state index contributed by atoms with van der Waals surface area (Å²) in [5.41, 5.74) is 10.3. The van der Waals surface area contributed by atoms with E-state index in [4.69, 9.17) is 17.3 Å². The van der Waals surface area contributed by atoms with Crippen LogP contribution in [-0.2, 0) is 13.0 Å². The largest absolute Gasteiger partial charge is 0.399 e. The van der Waals surface area contributed by atoms with E-state index >= 15 is 0 Å². The number of benzene rings is 1. The summed E-state index contributed by atoms with van der Waals surface area (Å²) in [5.74, 6) is 0. The third-order valence-electron chi connectivity index (χ3n) is 3.45. The van der Waals surface area contributed by atoms with Crippen molar-refractivity contribution in [1.82, 2.24) is 4.98 Å². The molecule has 1 aromatic heterocycles. The Morgan fingerprint density at radius 3 is 3.00 bits per heavy atom. The average molecular weight is 274 g/mol. The number of nitrogen functional groups attached to an aromatic ring is 1. The summed E-state index contributed by atoms with van der Waals surface area (Å²) in [6, 6.07) is 9.87. The molecule has 1 aromatic carbocycles. The second-order valence-corrected chi connectivity index (χ2v) is 5.32. The Balaban J connectivity index is 1.87. The van der Waals surface area contributed by atoms with Gasteiger partial charge in [-0.05, 0) is 48.7 Å². The molecule has 0 atom stereocenters. The number of rotatable bonds is 2. The van der Waals surface area contributed by atoms with Crippen molar-refractivity contribution in [2.45, 2.75) is 19.4 Å². The van der Waals surface area contributed by atoms with Crippen LogP contribution in [0.5, 0.6) is 0 Å². The number of hydrogen-bond acceptors (Lipinski definition) is 3. The standard InChI is InChI=1S/C15H16ClN3/c16-12-5-6-18-14(9-12)10-19-7-1-2-11-8-13(17)3-4-15(11)19/h3-6,8-9H,1-2,7,10,17H2. The third-order valence-corrected chi connectivity index (χ3v) is 3.68. The molecule has 1 aliphatic heterocycles. The van der Waals surface area contributed by atoms with E-state index in [1.807, 2.05) is 12.1 Å². The van der Waals surface area contributed by atoms with Gasteiger partial charge in [-0.15, -0.1) is 0 Å². The van der Waals surface area contributed by atoms with Crippen LogP contribution in [0.15, 0.2) is 36.5 Å². The maximum atomic E-state index is 6.01. The van der Waals surface area contributed by atoms with Crippen LogP contribution in [0.4, 0.5) is 11.4 Å². The summed E-state index contributed by atoms with van der Waals surface area (Å²) >= 11 is 6.01. The molecule has 0 fully saturated rings. The van der Waals surface area contributed by atoms with Gasteiger partial charge in [0.1, 0.15) is 0 Å². The second-order valence-electron chi connectivity index (χ2n) is 4.88. The number of hydrogen-bond donors (Lipinski definition) is 1. The quantitative estimate of drug-likeness (QED) is 0.854. The number of aromatic nitrogens is 1. The highest BCUT2D eigenvalue weighted by molar-refractivity contribution is 6.30. The average Bonchev–Trinajstić information content (AvgIpc) is 2.38. The van der Waals surface area contributed by atoms with E-state index in [9.17, 15) is 0 Å². The van der Waals surface area contributed by atoms with Crippen LogP contribution in [0.2, 0.25) is 5.02 Å². The molecule has 3 rings (SSSR count). The van der Waals surface area contributed by atoms with E-state index in [0.29, 0.717) is 0 Å². The lowest BCUT2D eigenvalue weighted by molar-refractivity contribution is 0.684. The molecule has 4 heteroatoms. The molecule has 0 unspecified atom stereocenters. The molecule has 0 saturated carbocycles. The van der Waals surface area contributed by atoms with Crippen LogP contribution in [0.25, 0.3) is 0 Å². The first-order chi connectivity index (χ1) is 9.22. The highest BCUT2D eigenvalue weighted by atomic mass is 35.5. The van der Waals surface area contributed by atoms with E-state index in [-0.39, 0.29) is 0 Å². The zero-order valence-corrected chi connectivity index (χ0v) is 11.4. The second kappa shape index (κ2) is 5.10. The van der Waals surface area contributed by atoms with Gasteiger partial charge in [0.15, 0.2) is 0 Å². The summed E-state index contributed by atoms with van der Waals surface area (Å²) in [6.45, 7) is 1.84. The van der Waals surface area contributed by atoms with Crippen LogP contribution in [-0.4, -0.2) is 11.5 Å². The highest BCUT2D eigenvalue weighted by Crippen LogP contribution is 2.29. The van der Waals surface area contributed by atoms with Crippen LogP contribution in [0, 0.1) is 0 Å². The van der Waals surface area contributed by atoms with Crippen LogP contribution < -0.4 is 10.6 Å². The molecule has 19 heavy (non-hydrogen) atoms. The summed E-state index contributed by atoms with van der Waals surface area (Å²) in [4.78, 5) is 6.72. The fourth-order valence-corrected chi connectivity index (χ4v) is 2.77. The number of fused-ring (bicyclic) bond motifs is 1. The summed E-state index contributed by atoms with van der Waals surface area (Å²) < 4.78 is 0. The first-order valence-corrected chi connectivity index (χ1v) is 6.84. The molecule has 0 spiro atoms. The molecule has 0 saturated heterocycles. The highest BCUT2D eigenvalue weighted by Gasteiger charge is 2.17. The molecule has 2 aromatic rings. The molecule has 3 nitrogen and oxygen atoms in total. The Morgan fingerprint density at radius 1 is 1.26 bits per heavy atom.